The van der Waals surface area contributed by atoms with Gasteiger partial charge in [0.05, 0.1) is 6.61 Å². The minimum Gasteiger partial charge on any atom is -0.480 e. The number of hydrogen-bond acceptors (Lipinski definition) is 5. The van der Waals surface area contributed by atoms with E-state index in [0.717, 1.165) is 12.0 Å². The van der Waals surface area contributed by atoms with Crippen LogP contribution >= 0.6 is 22.9 Å². The smallest absolute Gasteiger partial charge is 0.326 e. The van der Waals surface area contributed by atoms with Gasteiger partial charge in [0, 0.05) is 28.5 Å². The maximum Gasteiger partial charge on any atom is 0.326 e. The van der Waals surface area contributed by atoms with Gasteiger partial charge in [-0.05, 0) is 25.0 Å². The number of nitrogens with zero attached hydrogens (tertiary/aromatic N) is 1. The number of carboxylic acid groups (broad SMARTS) is 1. The Labute approximate surface area is 153 Å². The minimum atomic E-state index is -1.06. The summed E-state index contributed by atoms with van der Waals surface area (Å²) in [5, 5.41) is 14.9. The van der Waals surface area contributed by atoms with Crippen molar-refractivity contribution >= 4 is 34.8 Å². The normalized spacial score (nSPS) is 18.5. The van der Waals surface area contributed by atoms with Crippen LogP contribution in [0.1, 0.15) is 23.3 Å². The molecule has 1 fully saturated rings. The molecule has 25 heavy (non-hydrogen) atoms. The van der Waals surface area contributed by atoms with Gasteiger partial charge in [-0.3, -0.25) is 4.79 Å². The fourth-order valence-corrected chi connectivity index (χ4v) is 3.74. The third-order valence-corrected chi connectivity index (χ3v) is 5.15. The van der Waals surface area contributed by atoms with E-state index >= 15 is 0 Å². The van der Waals surface area contributed by atoms with Gasteiger partial charge in [-0.2, -0.15) is 0 Å². The molecule has 2 aromatic rings. The van der Waals surface area contributed by atoms with E-state index in [1.54, 1.807) is 17.5 Å². The van der Waals surface area contributed by atoms with Crippen molar-refractivity contribution in [1.29, 1.82) is 0 Å². The van der Waals surface area contributed by atoms with Gasteiger partial charge in [0.2, 0.25) is 0 Å². The topological polar surface area (TPSA) is 88.5 Å². The summed E-state index contributed by atoms with van der Waals surface area (Å²) in [7, 11) is 0. The van der Waals surface area contributed by atoms with Crippen LogP contribution in [0.4, 0.5) is 0 Å². The third kappa shape index (κ3) is 4.36. The molecule has 0 aliphatic carbocycles. The van der Waals surface area contributed by atoms with Gasteiger partial charge in [-0.15, -0.1) is 11.3 Å². The average Bonchev–Trinajstić information content (AvgIpc) is 3.10. The minimum absolute atomic E-state index is 0.197. The lowest BCUT2D eigenvalue weighted by atomic mass is 9.93. The predicted octanol–water partition coefficient (Wildman–Crippen LogP) is 3.07. The monoisotopic (exact) mass is 380 g/mol. The molecule has 1 aromatic heterocycles. The Morgan fingerprint density at radius 2 is 2.28 bits per heavy atom. The first-order valence-corrected chi connectivity index (χ1v) is 9.13. The van der Waals surface area contributed by atoms with E-state index in [9.17, 15) is 14.7 Å². The lowest BCUT2D eigenvalue weighted by molar-refractivity contribution is -0.142. The van der Waals surface area contributed by atoms with Crippen LogP contribution in [0.5, 0.6) is 0 Å². The summed E-state index contributed by atoms with van der Waals surface area (Å²) < 4.78 is 5.33. The zero-order valence-electron chi connectivity index (χ0n) is 13.3. The fraction of sp³-hybridized carbons (Fsp3) is 0.353. The molecule has 8 heteroatoms. The molecule has 3 rings (SSSR count). The summed E-state index contributed by atoms with van der Waals surface area (Å²) in [5.74, 6) is -1.79. The number of hydrogen-bond donors (Lipinski definition) is 2. The molecule has 2 N–H and O–H groups in total. The molecule has 2 unspecified atom stereocenters. The van der Waals surface area contributed by atoms with Crippen LogP contribution in [-0.2, 0) is 9.53 Å². The van der Waals surface area contributed by atoms with E-state index in [2.05, 4.69) is 10.3 Å². The molecule has 2 atom stereocenters. The molecule has 0 spiro atoms. The maximum atomic E-state index is 12.4. The zero-order valence-corrected chi connectivity index (χ0v) is 14.8. The summed E-state index contributed by atoms with van der Waals surface area (Å²) in [5.41, 5.74) is 1.01. The maximum absolute atomic E-state index is 12.4. The summed E-state index contributed by atoms with van der Waals surface area (Å²) in [4.78, 5) is 28.2. The summed E-state index contributed by atoms with van der Waals surface area (Å²) in [6.45, 7) is 0.966. The molecule has 132 valence electrons. The molecule has 0 bridgehead atoms. The molecule has 1 aromatic carbocycles. The number of halogens is 1. The van der Waals surface area contributed by atoms with Crippen LogP contribution in [-0.4, -0.2) is 41.2 Å². The van der Waals surface area contributed by atoms with Crippen molar-refractivity contribution < 1.29 is 19.4 Å². The lowest BCUT2D eigenvalue weighted by Crippen LogP contribution is -2.48. The number of ether oxygens (including phenoxy) is 1. The Balaban J connectivity index is 1.73. The number of aromatic nitrogens is 1. The first-order chi connectivity index (χ1) is 12.0. The van der Waals surface area contributed by atoms with Crippen molar-refractivity contribution in [1.82, 2.24) is 10.3 Å². The number of amides is 1. The predicted molar refractivity (Wildman–Crippen MR) is 95.0 cm³/mol. The number of aliphatic carboxylic acids is 1. The first kappa shape index (κ1) is 17.8. The lowest BCUT2D eigenvalue weighted by Gasteiger charge is -2.27. The summed E-state index contributed by atoms with van der Waals surface area (Å²) in [6.07, 6.45) is 1.50. The van der Waals surface area contributed by atoms with Crippen LogP contribution in [0.2, 0.25) is 5.02 Å². The van der Waals surface area contributed by atoms with Crippen molar-refractivity contribution in [2.75, 3.05) is 13.2 Å². The number of carbonyl (C=O) groups excluding carboxylic acids is 1. The van der Waals surface area contributed by atoms with E-state index in [1.165, 1.54) is 11.3 Å². The number of rotatable bonds is 5. The second-order valence-corrected chi connectivity index (χ2v) is 7.11. The van der Waals surface area contributed by atoms with Crippen molar-refractivity contribution in [3.63, 3.8) is 0 Å². The summed E-state index contributed by atoms with van der Waals surface area (Å²) >= 11 is 7.28. The third-order valence-electron chi connectivity index (χ3n) is 4.03. The SMILES string of the molecule is O=C(NC(C(=O)O)C1CCCOC1)c1csc(-c2cccc(Cl)c2)n1. The van der Waals surface area contributed by atoms with Gasteiger partial charge >= 0.3 is 5.97 Å². The number of carbonyl (C=O) groups is 2. The zero-order chi connectivity index (χ0) is 17.8. The molecular weight excluding hydrogens is 364 g/mol. The molecule has 0 radical (unpaired) electrons. The quantitative estimate of drug-likeness (QED) is 0.832. The second kappa shape index (κ2) is 7.95. The molecule has 1 aliphatic rings. The highest BCUT2D eigenvalue weighted by atomic mass is 35.5. The molecule has 0 saturated carbocycles. The molecule has 1 saturated heterocycles. The van der Waals surface area contributed by atoms with Crippen molar-refractivity contribution in [3.8, 4) is 10.6 Å². The Hall–Kier alpha value is -1.96. The Bertz CT molecular complexity index is 774. The van der Waals surface area contributed by atoms with Crippen molar-refractivity contribution in [2.24, 2.45) is 5.92 Å². The average molecular weight is 381 g/mol. The van der Waals surface area contributed by atoms with E-state index in [1.807, 2.05) is 12.1 Å². The van der Waals surface area contributed by atoms with Crippen LogP contribution < -0.4 is 5.32 Å². The van der Waals surface area contributed by atoms with E-state index in [-0.39, 0.29) is 11.6 Å². The van der Waals surface area contributed by atoms with Crippen LogP contribution in [0.25, 0.3) is 10.6 Å². The molecule has 1 amide bonds. The fourth-order valence-electron chi connectivity index (χ4n) is 2.76. The highest BCUT2D eigenvalue weighted by molar-refractivity contribution is 7.13. The van der Waals surface area contributed by atoms with E-state index < -0.39 is 17.9 Å². The highest BCUT2D eigenvalue weighted by Crippen LogP contribution is 2.26. The second-order valence-electron chi connectivity index (χ2n) is 5.81. The number of carboxylic acids is 1. The molecular formula is C17H17ClN2O4S. The van der Waals surface area contributed by atoms with Gasteiger partial charge in [-0.1, -0.05) is 23.7 Å². The molecule has 1 aliphatic heterocycles. The van der Waals surface area contributed by atoms with Gasteiger partial charge in [0.1, 0.15) is 16.7 Å². The van der Waals surface area contributed by atoms with E-state index in [0.29, 0.717) is 29.7 Å². The van der Waals surface area contributed by atoms with Crippen LogP contribution in [0, 0.1) is 5.92 Å². The van der Waals surface area contributed by atoms with Gasteiger partial charge in [0.15, 0.2) is 0 Å². The van der Waals surface area contributed by atoms with Gasteiger partial charge in [-0.25, -0.2) is 9.78 Å². The highest BCUT2D eigenvalue weighted by Gasteiger charge is 2.32. The van der Waals surface area contributed by atoms with E-state index in [4.69, 9.17) is 16.3 Å². The van der Waals surface area contributed by atoms with Crippen molar-refractivity contribution in [2.45, 2.75) is 18.9 Å². The Morgan fingerprint density at radius 3 is 2.96 bits per heavy atom. The number of benzene rings is 1. The standard InChI is InChI=1S/C17H17ClN2O4S/c18-12-5-1-3-10(7-12)16-19-13(9-25-16)15(21)20-14(17(22)23)11-4-2-6-24-8-11/h1,3,5,7,9,11,14H,2,4,6,8H2,(H,20,21)(H,22,23). The molecule has 6 nitrogen and oxygen atoms in total. The molecule has 2 heterocycles. The first-order valence-electron chi connectivity index (χ1n) is 7.87. The Morgan fingerprint density at radius 1 is 1.44 bits per heavy atom. The van der Waals surface area contributed by atoms with Crippen LogP contribution in [0.3, 0.4) is 0 Å². The van der Waals surface area contributed by atoms with Gasteiger partial charge < -0.3 is 15.2 Å². The number of nitrogens with one attached hydrogen (secondary N) is 1. The van der Waals surface area contributed by atoms with Crippen molar-refractivity contribution in [3.05, 3.63) is 40.4 Å². The Kier molecular flexibility index (Phi) is 5.67. The van der Waals surface area contributed by atoms with Gasteiger partial charge in [0.25, 0.3) is 5.91 Å². The summed E-state index contributed by atoms with van der Waals surface area (Å²) in [6, 6.07) is 6.20. The number of thiazole rings is 1. The largest absolute Gasteiger partial charge is 0.480 e. The van der Waals surface area contributed by atoms with Crippen LogP contribution in [0.15, 0.2) is 29.6 Å².